The van der Waals surface area contributed by atoms with E-state index in [0.717, 1.165) is 63.7 Å². The molecule has 0 saturated heterocycles. The fraction of sp³-hybridized carbons (Fsp3) is 0.945. The number of esters is 3. The molecule has 0 amide bonds. The summed E-state index contributed by atoms with van der Waals surface area (Å²) < 4.78 is 16.8. The Hall–Kier alpha value is -1.59. The molecule has 0 aromatic carbocycles. The van der Waals surface area contributed by atoms with Gasteiger partial charge in [0.25, 0.3) is 0 Å². The van der Waals surface area contributed by atoms with E-state index in [2.05, 4.69) is 27.7 Å². The maximum absolute atomic E-state index is 12.8. The lowest BCUT2D eigenvalue weighted by atomic mass is 10.0. The third kappa shape index (κ3) is 49.3. The fourth-order valence-electron chi connectivity index (χ4n) is 8.39. The number of carbonyl (C=O) groups excluding carboxylic acids is 3. The van der Waals surface area contributed by atoms with Gasteiger partial charge >= 0.3 is 17.9 Å². The van der Waals surface area contributed by atoms with Crippen LogP contribution in [0.1, 0.15) is 310 Å². The maximum atomic E-state index is 12.8. The Labute approximate surface area is 380 Å². The molecule has 362 valence electrons. The van der Waals surface area contributed by atoms with Gasteiger partial charge in [-0.05, 0) is 25.2 Å². The lowest BCUT2D eigenvalue weighted by Gasteiger charge is -2.18. The number of unbranched alkanes of at least 4 members (excludes halogenated alkanes) is 37. The van der Waals surface area contributed by atoms with Crippen LogP contribution in [0.25, 0.3) is 0 Å². The van der Waals surface area contributed by atoms with Crippen molar-refractivity contribution in [2.75, 3.05) is 13.2 Å². The highest BCUT2D eigenvalue weighted by Gasteiger charge is 2.19. The first-order valence-corrected chi connectivity index (χ1v) is 27.4. The molecule has 0 radical (unpaired) electrons. The minimum absolute atomic E-state index is 0.0624. The van der Waals surface area contributed by atoms with Gasteiger partial charge in [-0.3, -0.25) is 14.4 Å². The highest BCUT2D eigenvalue weighted by molar-refractivity contribution is 5.71. The van der Waals surface area contributed by atoms with Crippen molar-refractivity contribution in [1.29, 1.82) is 0 Å². The quantitative estimate of drug-likeness (QED) is 0.0344. The molecule has 0 aliphatic rings. The van der Waals surface area contributed by atoms with Gasteiger partial charge in [-0.25, -0.2) is 0 Å². The number of carbonyl (C=O) groups is 3. The summed E-state index contributed by atoms with van der Waals surface area (Å²) >= 11 is 0. The van der Waals surface area contributed by atoms with Crippen LogP contribution < -0.4 is 0 Å². The summed E-state index contributed by atoms with van der Waals surface area (Å²) in [5.74, 6) is 0.0152. The molecule has 0 saturated carbocycles. The highest BCUT2D eigenvalue weighted by atomic mass is 16.6. The molecule has 0 aromatic heterocycles. The van der Waals surface area contributed by atoms with Crippen molar-refractivity contribution in [3.05, 3.63) is 0 Å². The van der Waals surface area contributed by atoms with E-state index < -0.39 is 6.10 Å². The Balaban J connectivity index is 4.19. The van der Waals surface area contributed by atoms with Crippen molar-refractivity contribution in [2.24, 2.45) is 5.92 Å². The third-order valence-corrected chi connectivity index (χ3v) is 12.5. The Morgan fingerprint density at radius 3 is 0.803 bits per heavy atom. The van der Waals surface area contributed by atoms with E-state index in [4.69, 9.17) is 14.2 Å². The van der Waals surface area contributed by atoms with Gasteiger partial charge in [0.05, 0.1) is 0 Å². The van der Waals surface area contributed by atoms with E-state index in [9.17, 15) is 14.4 Å². The fourth-order valence-corrected chi connectivity index (χ4v) is 8.39. The van der Waals surface area contributed by atoms with Crippen LogP contribution in [0.4, 0.5) is 0 Å². The summed E-state index contributed by atoms with van der Waals surface area (Å²) in [6.07, 6.45) is 52.4. The molecule has 0 heterocycles. The zero-order valence-electron chi connectivity index (χ0n) is 41.6. The lowest BCUT2D eigenvalue weighted by Crippen LogP contribution is -2.30. The van der Waals surface area contributed by atoms with Crippen LogP contribution in [-0.2, 0) is 28.6 Å². The van der Waals surface area contributed by atoms with Gasteiger partial charge in [-0.2, -0.15) is 0 Å². The standard InChI is InChI=1S/C55H106O6/c1-5-7-9-11-13-15-16-23-27-31-35-39-43-47-54(57)60-50-52(49-59-53(56)46-42-38-34-29-14-12-10-8-6-2)61-55(58)48-44-40-36-32-28-25-22-20-18-17-19-21-24-26-30-33-37-41-45-51(3)4/h51-52H,5-50H2,1-4H3/t52-/m1/s1. The number of ether oxygens (including phenoxy) is 3. The monoisotopic (exact) mass is 863 g/mol. The summed E-state index contributed by atoms with van der Waals surface area (Å²) in [4.78, 5) is 37.9. The maximum Gasteiger partial charge on any atom is 0.306 e. The van der Waals surface area contributed by atoms with Gasteiger partial charge in [0.15, 0.2) is 6.10 Å². The highest BCUT2D eigenvalue weighted by Crippen LogP contribution is 2.18. The average molecular weight is 863 g/mol. The minimum atomic E-state index is -0.760. The van der Waals surface area contributed by atoms with Crippen molar-refractivity contribution < 1.29 is 28.6 Å². The van der Waals surface area contributed by atoms with Gasteiger partial charge in [-0.1, -0.05) is 272 Å². The summed E-state index contributed by atoms with van der Waals surface area (Å²) in [5, 5.41) is 0. The molecule has 0 bridgehead atoms. The van der Waals surface area contributed by atoms with E-state index in [1.807, 2.05) is 0 Å². The molecule has 0 aromatic rings. The van der Waals surface area contributed by atoms with Gasteiger partial charge in [-0.15, -0.1) is 0 Å². The normalized spacial score (nSPS) is 12.0. The van der Waals surface area contributed by atoms with Crippen LogP contribution in [0.2, 0.25) is 0 Å². The predicted octanol–water partition coefficient (Wildman–Crippen LogP) is 17.8. The Bertz CT molecular complexity index is 918. The Kier molecular flexibility index (Phi) is 48.1. The van der Waals surface area contributed by atoms with Gasteiger partial charge in [0.2, 0.25) is 0 Å². The third-order valence-electron chi connectivity index (χ3n) is 12.5. The summed E-state index contributed by atoms with van der Waals surface area (Å²) in [7, 11) is 0. The SMILES string of the molecule is CCCCCCCCCCCCCCCC(=O)OC[C@@H](COC(=O)CCCCCCCCCCC)OC(=O)CCCCCCCCCCCCCCCCCCCCC(C)C. The van der Waals surface area contributed by atoms with Crippen molar-refractivity contribution in [2.45, 2.75) is 316 Å². The molecule has 0 spiro atoms. The lowest BCUT2D eigenvalue weighted by molar-refractivity contribution is -0.167. The molecule has 0 aliphatic heterocycles. The molecule has 0 fully saturated rings. The molecule has 6 nitrogen and oxygen atoms in total. The Morgan fingerprint density at radius 1 is 0.311 bits per heavy atom. The zero-order valence-corrected chi connectivity index (χ0v) is 41.6. The second-order valence-corrected chi connectivity index (χ2v) is 19.3. The van der Waals surface area contributed by atoms with E-state index in [0.29, 0.717) is 19.3 Å². The summed E-state index contributed by atoms with van der Waals surface area (Å²) in [6.45, 7) is 9.04. The van der Waals surface area contributed by atoms with Gasteiger partial charge in [0.1, 0.15) is 13.2 Å². The zero-order chi connectivity index (χ0) is 44.5. The van der Waals surface area contributed by atoms with Crippen LogP contribution in [0.15, 0.2) is 0 Å². The molecular formula is C55H106O6. The van der Waals surface area contributed by atoms with Crippen molar-refractivity contribution in [3.63, 3.8) is 0 Å². The average Bonchev–Trinajstić information content (AvgIpc) is 3.24. The molecule has 6 heteroatoms. The molecular weight excluding hydrogens is 757 g/mol. The van der Waals surface area contributed by atoms with Crippen molar-refractivity contribution in [1.82, 2.24) is 0 Å². The van der Waals surface area contributed by atoms with Crippen molar-refractivity contribution >= 4 is 17.9 Å². The molecule has 0 N–H and O–H groups in total. The van der Waals surface area contributed by atoms with E-state index in [1.165, 1.54) is 205 Å². The summed E-state index contributed by atoms with van der Waals surface area (Å²) in [5.41, 5.74) is 0. The molecule has 0 unspecified atom stereocenters. The van der Waals surface area contributed by atoms with Crippen LogP contribution in [0, 0.1) is 5.92 Å². The van der Waals surface area contributed by atoms with E-state index >= 15 is 0 Å². The summed E-state index contributed by atoms with van der Waals surface area (Å²) in [6, 6.07) is 0. The second kappa shape index (κ2) is 49.4. The first kappa shape index (κ1) is 59.4. The van der Waals surface area contributed by atoms with Crippen LogP contribution in [0.3, 0.4) is 0 Å². The largest absolute Gasteiger partial charge is 0.462 e. The predicted molar refractivity (Wildman–Crippen MR) is 261 cm³/mol. The number of rotatable bonds is 50. The number of hydrogen-bond acceptors (Lipinski definition) is 6. The second-order valence-electron chi connectivity index (χ2n) is 19.3. The Morgan fingerprint density at radius 2 is 0.541 bits per heavy atom. The topological polar surface area (TPSA) is 78.9 Å². The number of hydrogen-bond donors (Lipinski definition) is 0. The van der Waals surface area contributed by atoms with Crippen molar-refractivity contribution in [3.8, 4) is 0 Å². The molecule has 0 aliphatic carbocycles. The van der Waals surface area contributed by atoms with Crippen LogP contribution in [-0.4, -0.2) is 37.2 Å². The first-order chi connectivity index (χ1) is 29.9. The van der Waals surface area contributed by atoms with Gasteiger partial charge in [0, 0.05) is 19.3 Å². The van der Waals surface area contributed by atoms with Crippen LogP contribution in [0.5, 0.6) is 0 Å². The molecule has 61 heavy (non-hydrogen) atoms. The van der Waals surface area contributed by atoms with Crippen LogP contribution >= 0.6 is 0 Å². The van der Waals surface area contributed by atoms with E-state index in [1.54, 1.807) is 0 Å². The van der Waals surface area contributed by atoms with Gasteiger partial charge < -0.3 is 14.2 Å². The smallest absolute Gasteiger partial charge is 0.306 e. The first-order valence-electron chi connectivity index (χ1n) is 27.4. The van der Waals surface area contributed by atoms with E-state index in [-0.39, 0.29) is 31.1 Å². The minimum Gasteiger partial charge on any atom is -0.462 e. The molecule has 1 atom stereocenters. The molecule has 0 rings (SSSR count).